The van der Waals surface area contributed by atoms with Gasteiger partial charge in [0.1, 0.15) is 11.7 Å². The summed E-state index contributed by atoms with van der Waals surface area (Å²) >= 11 is 0. The van der Waals surface area contributed by atoms with Gasteiger partial charge in [0.25, 0.3) is 0 Å². The lowest BCUT2D eigenvalue weighted by atomic mass is 10.1. The van der Waals surface area contributed by atoms with Gasteiger partial charge in [-0.2, -0.15) is 0 Å². The minimum atomic E-state index is -0.281. The number of rotatable bonds is 2. The van der Waals surface area contributed by atoms with Crippen molar-refractivity contribution < 1.29 is 9.53 Å². The molecule has 3 aliphatic rings. The van der Waals surface area contributed by atoms with E-state index < -0.39 is 0 Å². The largest absolute Gasteiger partial charge is 0.376 e. The Morgan fingerprint density at radius 3 is 2.81 bits per heavy atom. The van der Waals surface area contributed by atoms with Crippen molar-refractivity contribution in [1.82, 2.24) is 10.2 Å². The van der Waals surface area contributed by atoms with Crippen LogP contribution in [0.25, 0.3) is 0 Å². The van der Waals surface area contributed by atoms with E-state index in [1.807, 2.05) is 0 Å². The van der Waals surface area contributed by atoms with E-state index in [0.717, 1.165) is 25.9 Å². The Labute approximate surface area is 125 Å². The number of benzene rings is 1. The van der Waals surface area contributed by atoms with Crippen LogP contribution >= 0.6 is 0 Å². The molecular weight excluding hydrogens is 264 g/mol. The average molecular weight is 286 g/mol. The smallest absolute Gasteiger partial charge is 0.244 e. The first-order chi connectivity index (χ1) is 10.1. The Morgan fingerprint density at radius 1 is 1.38 bits per heavy atom. The molecule has 1 spiro atoms. The predicted octanol–water partition coefficient (Wildman–Crippen LogP) is 2.14. The molecule has 2 heterocycles. The van der Waals surface area contributed by atoms with E-state index in [2.05, 4.69) is 48.3 Å². The van der Waals surface area contributed by atoms with Crippen LogP contribution in [0.4, 0.5) is 0 Å². The van der Waals surface area contributed by atoms with Crippen LogP contribution in [0.5, 0.6) is 0 Å². The van der Waals surface area contributed by atoms with Gasteiger partial charge in [-0.25, -0.2) is 0 Å². The second-order valence-corrected chi connectivity index (χ2v) is 6.69. The van der Waals surface area contributed by atoms with Crippen molar-refractivity contribution in [2.75, 3.05) is 6.61 Å². The Balaban J connectivity index is 1.72. The molecule has 4 rings (SSSR count). The molecule has 1 aliphatic carbocycles. The number of carbonyl (C=O) groups excluding carboxylic acids is 1. The van der Waals surface area contributed by atoms with Crippen molar-refractivity contribution in [2.45, 2.75) is 57.0 Å². The van der Waals surface area contributed by atoms with Crippen molar-refractivity contribution in [1.29, 1.82) is 0 Å². The van der Waals surface area contributed by atoms with Crippen LogP contribution < -0.4 is 5.32 Å². The van der Waals surface area contributed by atoms with Crippen molar-refractivity contribution >= 4 is 5.91 Å². The minimum absolute atomic E-state index is 0.00551. The number of nitrogens with zero attached hydrogens (tertiary/aromatic N) is 1. The molecule has 1 aromatic rings. The molecule has 1 amide bonds. The summed E-state index contributed by atoms with van der Waals surface area (Å²) in [6.07, 6.45) is 2.98. The summed E-state index contributed by atoms with van der Waals surface area (Å²) in [4.78, 5) is 15.0. The molecular formula is C17H22N2O2. The molecule has 112 valence electrons. The molecule has 3 fully saturated rings. The van der Waals surface area contributed by atoms with Crippen LogP contribution in [0.3, 0.4) is 0 Å². The minimum Gasteiger partial charge on any atom is -0.376 e. The van der Waals surface area contributed by atoms with Gasteiger partial charge in [-0.05, 0) is 38.7 Å². The summed E-state index contributed by atoms with van der Waals surface area (Å²) in [5.74, 6) is 0.274. The Morgan fingerprint density at radius 2 is 2.19 bits per heavy atom. The van der Waals surface area contributed by atoms with Gasteiger partial charge in [0.05, 0.1) is 12.1 Å². The highest BCUT2D eigenvalue weighted by Crippen LogP contribution is 2.47. The topological polar surface area (TPSA) is 41.6 Å². The summed E-state index contributed by atoms with van der Waals surface area (Å²) in [6, 6.07) is 8.66. The molecule has 0 bridgehead atoms. The van der Waals surface area contributed by atoms with Crippen molar-refractivity contribution in [2.24, 2.45) is 0 Å². The summed E-state index contributed by atoms with van der Waals surface area (Å²) in [6.45, 7) is 4.93. The second-order valence-electron chi connectivity index (χ2n) is 6.69. The first-order valence-electron chi connectivity index (χ1n) is 7.89. The quantitative estimate of drug-likeness (QED) is 0.905. The van der Waals surface area contributed by atoms with Gasteiger partial charge in [0.15, 0.2) is 0 Å². The van der Waals surface area contributed by atoms with Crippen LogP contribution in [0.1, 0.15) is 43.5 Å². The fraction of sp³-hybridized carbons (Fsp3) is 0.588. The van der Waals surface area contributed by atoms with Gasteiger partial charge in [-0.15, -0.1) is 0 Å². The average Bonchev–Trinajstić information content (AvgIpc) is 3.05. The van der Waals surface area contributed by atoms with E-state index in [1.165, 1.54) is 11.1 Å². The fourth-order valence-electron chi connectivity index (χ4n) is 3.75. The maximum absolute atomic E-state index is 12.9. The maximum Gasteiger partial charge on any atom is 0.244 e. The van der Waals surface area contributed by atoms with Gasteiger partial charge in [-0.3, -0.25) is 10.1 Å². The zero-order chi connectivity index (χ0) is 14.6. The Kier molecular flexibility index (Phi) is 2.88. The molecule has 3 unspecified atom stereocenters. The molecule has 1 N–H and O–H groups in total. The number of aryl methyl sites for hydroxylation is 1. The van der Waals surface area contributed by atoms with Crippen molar-refractivity contribution in [3.8, 4) is 0 Å². The van der Waals surface area contributed by atoms with E-state index in [4.69, 9.17) is 4.74 Å². The molecule has 0 aromatic heterocycles. The summed E-state index contributed by atoms with van der Waals surface area (Å²) < 4.78 is 5.70. The standard InChI is InChI=1S/C17H22N2O2/c1-11-4-3-5-13(10-11)15-18-17(7-8-17)16(20)19(15)14-6-9-21-12(14)2/h3-5,10,12,14-15,18H,6-9H2,1-2H3. The zero-order valence-electron chi connectivity index (χ0n) is 12.6. The SMILES string of the molecule is Cc1cccc(C2NC3(CC3)C(=O)N2C2CCOC2C)c1. The molecule has 4 nitrogen and oxygen atoms in total. The van der Waals surface area contributed by atoms with Crippen LogP contribution in [0, 0.1) is 6.92 Å². The van der Waals surface area contributed by atoms with E-state index >= 15 is 0 Å². The highest BCUT2D eigenvalue weighted by Gasteiger charge is 2.61. The number of amides is 1. The monoisotopic (exact) mass is 286 g/mol. The first kappa shape index (κ1) is 13.3. The number of nitrogens with one attached hydrogen (secondary N) is 1. The van der Waals surface area contributed by atoms with Crippen LogP contribution in [-0.2, 0) is 9.53 Å². The molecule has 1 aromatic carbocycles. The normalized spacial score (nSPS) is 33.9. The Bertz CT molecular complexity index is 582. The molecule has 21 heavy (non-hydrogen) atoms. The first-order valence-corrected chi connectivity index (χ1v) is 7.89. The van der Waals surface area contributed by atoms with Gasteiger partial charge in [0.2, 0.25) is 5.91 Å². The third kappa shape index (κ3) is 2.00. The highest BCUT2D eigenvalue weighted by molar-refractivity contribution is 5.92. The number of carbonyl (C=O) groups is 1. The lowest BCUT2D eigenvalue weighted by Crippen LogP contribution is -2.44. The molecule has 1 saturated carbocycles. The fourth-order valence-corrected chi connectivity index (χ4v) is 3.75. The van der Waals surface area contributed by atoms with Gasteiger partial charge >= 0.3 is 0 Å². The lowest BCUT2D eigenvalue weighted by molar-refractivity contribution is -0.134. The molecule has 2 saturated heterocycles. The van der Waals surface area contributed by atoms with E-state index in [0.29, 0.717) is 0 Å². The van der Waals surface area contributed by atoms with Crippen LogP contribution in [0.15, 0.2) is 24.3 Å². The summed E-state index contributed by atoms with van der Waals surface area (Å²) in [7, 11) is 0. The predicted molar refractivity (Wildman–Crippen MR) is 79.7 cm³/mol. The molecule has 2 aliphatic heterocycles. The van der Waals surface area contributed by atoms with E-state index in [1.54, 1.807) is 0 Å². The van der Waals surface area contributed by atoms with Gasteiger partial charge in [0, 0.05) is 6.61 Å². The van der Waals surface area contributed by atoms with Crippen LogP contribution in [0.2, 0.25) is 0 Å². The molecule has 4 heteroatoms. The van der Waals surface area contributed by atoms with Crippen molar-refractivity contribution in [3.05, 3.63) is 35.4 Å². The number of hydrogen-bond donors (Lipinski definition) is 1. The van der Waals surface area contributed by atoms with Gasteiger partial charge in [-0.1, -0.05) is 29.8 Å². The van der Waals surface area contributed by atoms with Crippen molar-refractivity contribution in [3.63, 3.8) is 0 Å². The highest BCUT2D eigenvalue weighted by atomic mass is 16.5. The van der Waals surface area contributed by atoms with E-state index in [9.17, 15) is 4.79 Å². The molecule has 3 atom stereocenters. The van der Waals surface area contributed by atoms with Gasteiger partial charge < -0.3 is 9.64 Å². The number of ether oxygens (including phenoxy) is 1. The second kappa shape index (κ2) is 4.55. The lowest BCUT2D eigenvalue weighted by Gasteiger charge is -2.32. The number of hydrogen-bond acceptors (Lipinski definition) is 3. The molecule has 0 radical (unpaired) electrons. The van der Waals surface area contributed by atoms with E-state index in [-0.39, 0.29) is 29.8 Å². The summed E-state index contributed by atoms with van der Waals surface area (Å²) in [5.41, 5.74) is 2.14. The zero-order valence-corrected chi connectivity index (χ0v) is 12.6. The third-order valence-electron chi connectivity index (χ3n) is 5.14. The third-order valence-corrected chi connectivity index (χ3v) is 5.14. The van der Waals surface area contributed by atoms with Crippen LogP contribution in [-0.4, -0.2) is 35.1 Å². The Hall–Kier alpha value is -1.39. The maximum atomic E-state index is 12.9. The summed E-state index contributed by atoms with van der Waals surface area (Å²) in [5, 5.41) is 3.60.